The van der Waals surface area contributed by atoms with Crippen LogP contribution in [0.4, 0.5) is 5.69 Å². The first kappa shape index (κ1) is 19.4. The quantitative estimate of drug-likeness (QED) is 0.446. The summed E-state index contributed by atoms with van der Waals surface area (Å²) in [4.78, 5) is 2.25. The van der Waals surface area contributed by atoms with E-state index in [4.69, 9.17) is 4.74 Å². The predicted octanol–water partition coefficient (Wildman–Crippen LogP) is 5.96. The van der Waals surface area contributed by atoms with Gasteiger partial charge in [0.2, 0.25) is 5.88 Å². The molecule has 0 saturated carbocycles. The monoisotopic (exact) mass is 464 g/mol. The van der Waals surface area contributed by atoms with Crippen molar-refractivity contribution in [3.63, 3.8) is 0 Å². The molecule has 2 aliphatic rings. The molecule has 0 radical (unpaired) electrons. The second-order valence-electron chi connectivity index (χ2n) is 7.97. The summed E-state index contributed by atoms with van der Waals surface area (Å²) in [6.45, 7) is 9.42. The van der Waals surface area contributed by atoms with Crippen molar-refractivity contribution in [1.82, 2.24) is 4.57 Å². The SMILES string of the molecule is CCN1/C(=C/C=C2/CCC[n+]3c2n(CC)c2cc(Br)ccc23)Oc2ccc(C)cc21. The number of anilines is 1. The molecule has 2 aromatic carbocycles. The van der Waals surface area contributed by atoms with E-state index >= 15 is 0 Å². The van der Waals surface area contributed by atoms with Crippen LogP contribution in [0.2, 0.25) is 0 Å². The Bertz CT molecular complexity index is 1200. The van der Waals surface area contributed by atoms with Crippen LogP contribution < -0.4 is 14.2 Å². The van der Waals surface area contributed by atoms with Gasteiger partial charge in [-0.15, -0.1) is 0 Å². The topological polar surface area (TPSA) is 21.3 Å². The van der Waals surface area contributed by atoms with E-state index in [1.165, 1.54) is 28.0 Å². The number of nitrogens with zero attached hydrogens (tertiary/aromatic N) is 3. The molecule has 4 nitrogen and oxygen atoms in total. The molecule has 3 heterocycles. The first-order valence-corrected chi connectivity index (χ1v) is 11.6. The van der Waals surface area contributed by atoms with Gasteiger partial charge < -0.3 is 9.64 Å². The van der Waals surface area contributed by atoms with Crippen LogP contribution in [-0.2, 0) is 13.1 Å². The summed E-state index contributed by atoms with van der Waals surface area (Å²) in [5, 5.41) is 0. The van der Waals surface area contributed by atoms with Crippen LogP contribution in [-0.4, -0.2) is 11.1 Å². The Morgan fingerprint density at radius 3 is 2.77 bits per heavy atom. The highest BCUT2D eigenvalue weighted by molar-refractivity contribution is 9.10. The molecule has 0 N–H and O–H groups in total. The number of hydrogen-bond donors (Lipinski definition) is 0. The Labute approximate surface area is 186 Å². The molecular formula is C25H27BrN3O+. The molecular weight excluding hydrogens is 438 g/mol. The Hall–Kier alpha value is -2.53. The standard InChI is InChI=1S/C25H27BrN3O/c1-4-27-22-15-17(3)8-12-23(22)30-24(27)13-9-18-7-6-14-29-20-11-10-19(26)16-21(20)28(5-2)25(18)29/h8-13,15-16H,4-7,14H2,1-3H3/q+1. The average Bonchev–Trinajstić information content (AvgIpc) is 3.26. The minimum absolute atomic E-state index is 0.884. The molecule has 2 aliphatic heterocycles. The molecule has 0 fully saturated rings. The first-order valence-electron chi connectivity index (χ1n) is 10.8. The molecule has 0 atom stereocenters. The van der Waals surface area contributed by atoms with Crippen LogP contribution in [0.3, 0.4) is 0 Å². The largest absolute Gasteiger partial charge is 0.439 e. The fraction of sp³-hybridized carbons (Fsp3) is 0.320. The zero-order valence-corrected chi connectivity index (χ0v) is 19.4. The number of allylic oxidation sites excluding steroid dienone is 3. The summed E-state index contributed by atoms with van der Waals surface area (Å²) in [6, 6.07) is 13.0. The van der Waals surface area contributed by atoms with Gasteiger partial charge in [0.05, 0.1) is 18.8 Å². The number of imidazole rings is 1. The molecule has 0 spiro atoms. The minimum Gasteiger partial charge on any atom is -0.439 e. The molecule has 154 valence electrons. The van der Waals surface area contributed by atoms with E-state index in [9.17, 15) is 0 Å². The number of rotatable bonds is 3. The van der Waals surface area contributed by atoms with Crippen molar-refractivity contribution >= 4 is 38.2 Å². The summed E-state index contributed by atoms with van der Waals surface area (Å²) in [5.41, 5.74) is 6.38. The van der Waals surface area contributed by atoms with Gasteiger partial charge in [0.25, 0.3) is 5.82 Å². The zero-order valence-electron chi connectivity index (χ0n) is 17.8. The van der Waals surface area contributed by atoms with Crippen molar-refractivity contribution in [2.24, 2.45) is 0 Å². The van der Waals surface area contributed by atoms with Gasteiger partial charge in [-0.25, -0.2) is 9.13 Å². The van der Waals surface area contributed by atoms with Crippen molar-refractivity contribution < 1.29 is 9.30 Å². The average molecular weight is 465 g/mol. The van der Waals surface area contributed by atoms with Crippen LogP contribution in [0.5, 0.6) is 5.75 Å². The third kappa shape index (κ3) is 3.07. The van der Waals surface area contributed by atoms with Crippen molar-refractivity contribution in [2.75, 3.05) is 11.4 Å². The molecule has 0 bridgehead atoms. The second-order valence-corrected chi connectivity index (χ2v) is 8.89. The van der Waals surface area contributed by atoms with E-state index in [1.807, 2.05) is 0 Å². The van der Waals surface area contributed by atoms with Crippen LogP contribution in [0, 0.1) is 6.92 Å². The highest BCUT2D eigenvalue weighted by Crippen LogP contribution is 2.39. The summed E-state index contributed by atoms with van der Waals surface area (Å²) >= 11 is 3.64. The van der Waals surface area contributed by atoms with Gasteiger partial charge in [0, 0.05) is 22.7 Å². The Morgan fingerprint density at radius 1 is 1.10 bits per heavy atom. The maximum atomic E-state index is 6.20. The Kier molecular flexibility index (Phi) is 4.94. The van der Waals surface area contributed by atoms with E-state index in [0.717, 1.165) is 54.3 Å². The van der Waals surface area contributed by atoms with E-state index in [0.29, 0.717) is 0 Å². The number of aromatic nitrogens is 2. The van der Waals surface area contributed by atoms with E-state index in [-0.39, 0.29) is 0 Å². The van der Waals surface area contributed by atoms with Gasteiger partial charge in [-0.05, 0) is 75.6 Å². The van der Waals surface area contributed by atoms with Crippen LogP contribution in [0.15, 0.2) is 58.9 Å². The predicted molar refractivity (Wildman–Crippen MR) is 126 cm³/mol. The maximum Gasteiger partial charge on any atom is 0.285 e. The fourth-order valence-corrected chi connectivity index (χ4v) is 5.09. The number of benzene rings is 2. The van der Waals surface area contributed by atoms with Crippen LogP contribution >= 0.6 is 15.9 Å². The number of hydrogen-bond acceptors (Lipinski definition) is 2. The molecule has 0 unspecified atom stereocenters. The molecule has 1 aromatic heterocycles. The maximum absolute atomic E-state index is 6.20. The van der Waals surface area contributed by atoms with Gasteiger partial charge >= 0.3 is 0 Å². The highest BCUT2D eigenvalue weighted by Gasteiger charge is 2.30. The molecule has 0 aliphatic carbocycles. The summed E-state index contributed by atoms with van der Waals surface area (Å²) < 4.78 is 12.2. The third-order valence-corrected chi connectivity index (χ3v) is 6.58. The highest BCUT2D eigenvalue weighted by atomic mass is 79.9. The first-order chi connectivity index (χ1) is 14.6. The Balaban J connectivity index is 1.59. The summed E-state index contributed by atoms with van der Waals surface area (Å²) in [6.07, 6.45) is 6.65. The zero-order chi connectivity index (χ0) is 20.8. The van der Waals surface area contributed by atoms with Crippen molar-refractivity contribution in [1.29, 1.82) is 0 Å². The molecule has 5 heteroatoms. The Morgan fingerprint density at radius 2 is 1.97 bits per heavy atom. The number of ether oxygens (including phenoxy) is 1. The molecule has 5 rings (SSSR count). The molecule has 30 heavy (non-hydrogen) atoms. The molecule has 0 amide bonds. The lowest BCUT2D eigenvalue weighted by Gasteiger charge is -2.16. The van der Waals surface area contributed by atoms with Gasteiger partial charge in [0.15, 0.2) is 16.8 Å². The number of halogens is 1. The van der Waals surface area contributed by atoms with Crippen LogP contribution in [0.1, 0.15) is 38.1 Å². The lowest BCUT2D eigenvalue weighted by molar-refractivity contribution is -0.678. The normalized spacial score (nSPS) is 18.2. The van der Waals surface area contributed by atoms with Gasteiger partial charge in [-0.2, -0.15) is 0 Å². The number of fused-ring (bicyclic) bond motifs is 4. The second kappa shape index (κ2) is 7.62. The summed E-state index contributed by atoms with van der Waals surface area (Å²) in [7, 11) is 0. The van der Waals surface area contributed by atoms with Crippen molar-refractivity contribution in [2.45, 2.75) is 46.7 Å². The van der Waals surface area contributed by atoms with Crippen molar-refractivity contribution in [3.8, 4) is 5.75 Å². The lowest BCUT2D eigenvalue weighted by atomic mass is 10.1. The minimum atomic E-state index is 0.884. The van der Waals surface area contributed by atoms with Gasteiger partial charge in [0.1, 0.15) is 0 Å². The summed E-state index contributed by atoms with van der Waals surface area (Å²) in [5.74, 6) is 3.17. The third-order valence-electron chi connectivity index (χ3n) is 6.09. The van der Waals surface area contributed by atoms with E-state index in [2.05, 4.69) is 99.3 Å². The van der Waals surface area contributed by atoms with E-state index in [1.54, 1.807) is 0 Å². The van der Waals surface area contributed by atoms with E-state index < -0.39 is 0 Å². The van der Waals surface area contributed by atoms with Crippen LogP contribution in [0.25, 0.3) is 16.6 Å². The van der Waals surface area contributed by atoms with Crippen molar-refractivity contribution in [3.05, 3.63) is 70.3 Å². The van der Waals surface area contributed by atoms with Gasteiger partial charge in [-0.1, -0.05) is 22.0 Å². The molecule has 0 saturated heterocycles. The fourth-order valence-electron chi connectivity index (χ4n) is 4.74. The number of aryl methyl sites for hydroxylation is 3. The lowest BCUT2D eigenvalue weighted by Crippen LogP contribution is -2.40. The smallest absolute Gasteiger partial charge is 0.285 e. The molecule has 3 aromatic rings. The van der Waals surface area contributed by atoms with Gasteiger partial charge in [-0.3, -0.25) is 0 Å².